The Labute approximate surface area is 139 Å². The Bertz CT molecular complexity index is 503. The van der Waals surface area contributed by atoms with Gasteiger partial charge in [-0.2, -0.15) is 0 Å². The van der Waals surface area contributed by atoms with Gasteiger partial charge in [0.25, 0.3) is 0 Å². The molecule has 2 fully saturated rings. The van der Waals surface area contributed by atoms with E-state index in [1.54, 1.807) is 0 Å². The van der Waals surface area contributed by atoms with Gasteiger partial charge < -0.3 is 9.64 Å². The molecule has 0 unspecified atom stereocenters. The fourth-order valence-electron chi connectivity index (χ4n) is 3.66. The first-order valence-corrected chi connectivity index (χ1v) is 8.86. The lowest BCUT2D eigenvalue weighted by molar-refractivity contribution is 0.107. The predicted octanol–water partition coefficient (Wildman–Crippen LogP) is 1.72. The van der Waals surface area contributed by atoms with Crippen molar-refractivity contribution in [3.05, 3.63) is 11.9 Å². The van der Waals surface area contributed by atoms with Crippen molar-refractivity contribution in [2.45, 2.75) is 64.3 Å². The number of hydrogen-bond donors (Lipinski definition) is 0. The van der Waals surface area contributed by atoms with Crippen LogP contribution in [-0.2, 0) is 16.8 Å². The molecular weight excluding hydrogens is 290 g/mol. The fourth-order valence-corrected chi connectivity index (χ4v) is 3.66. The molecule has 130 valence electrons. The van der Waals surface area contributed by atoms with E-state index in [2.05, 4.69) is 47.1 Å². The summed E-state index contributed by atoms with van der Waals surface area (Å²) in [6.45, 7) is 12.0. The van der Waals surface area contributed by atoms with Crippen molar-refractivity contribution in [2.75, 3.05) is 33.3 Å². The van der Waals surface area contributed by atoms with Crippen molar-refractivity contribution < 1.29 is 4.74 Å². The molecule has 1 aromatic rings. The first-order valence-electron chi connectivity index (χ1n) is 8.86. The number of hydrogen-bond acceptors (Lipinski definition) is 5. The van der Waals surface area contributed by atoms with Gasteiger partial charge in [-0.15, -0.1) is 5.10 Å². The maximum atomic E-state index is 5.63. The highest BCUT2D eigenvalue weighted by Gasteiger charge is 2.34. The Morgan fingerprint density at radius 2 is 2.00 bits per heavy atom. The van der Waals surface area contributed by atoms with Crippen LogP contribution in [0.4, 0.5) is 0 Å². The highest BCUT2D eigenvalue weighted by atomic mass is 16.5. The molecule has 3 rings (SSSR count). The van der Waals surface area contributed by atoms with Crippen molar-refractivity contribution in [1.29, 1.82) is 0 Å². The topological polar surface area (TPSA) is 46.4 Å². The fraction of sp³-hybridized carbons (Fsp3) is 0.882. The summed E-state index contributed by atoms with van der Waals surface area (Å²) in [4.78, 5) is 5.13. The van der Waals surface area contributed by atoms with Crippen LogP contribution < -0.4 is 0 Å². The van der Waals surface area contributed by atoms with Gasteiger partial charge in [-0.3, -0.25) is 4.90 Å². The Morgan fingerprint density at radius 3 is 2.61 bits per heavy atom. The van der Waals surface area contributed by atoms with Crippen molar-refractivity contribution in [1.82, 2.24) is 24.8 Å². The largest absolute Gasteiger partial charge is 0.380 e. The highest BCUT2D eigenvalue weighted by molar-refractivity contribution is 4.98. The minimum atomic E-state index is -0.0136. The van der Waals surface area contributed by atoms with Gasteiger partial charge in [0, 0.05) is 32.8 Å². The summed E-state index contributed by atoms with van der Waals surface area (Å²) in [5, 5.41) is 8.68. The molecule has 2 aliphatic rings. The Hall–Kier alpha value is -0.980. The predicted molar refractivity (Wildman–Crippen MR) is 90.3 cm³/mol. The third-order valence-corrected chi connectivity index (χ3v) is 5.08. The molecule has 23 heavy (non-hydrogen) atoms. The molecule has 0 bridgehead atoms. The smallest absolute Gasteiger partial charge is 0.0967 e. The highest BCUT2D eigenvalue weighted by Crippen LogP contribution is 2.24. The van der Waals surface area contributed by atoms with Crippen LogP contribution in [0.25, 0.3) is 0 Å². The SMILES string of the molecule is CO[C@H]1C[C@@H](CN2CCCC2)N(Cc2cn(C(C)(C)C)nn2)C1. The summed E-state index contributed by atoms with van der Waals surface area (Å²) in [5.41, 5.74) is 1.04. The first-order chi connectivity index (χ1) is 11.0. The molecule has 0 amide bonds. The van der Waals surface area contributed by atoms with E-state index in [0.29, 0.717) is 12.1 Å². The lowest BCUT2D eigenvalue weighted by atomic mass is 10.1. The summed E-state index contributed by atoms with van der Waals surface area (Å²) in [7, 11) is 1.83. The molecule has 0 saturated carbocycles. The molecule has 0 spiro atoms. The van der Waals surface area contributed by atoms with E-state index >= 15 is 0 Å². The molecule has 2 atom stereocenters. The molecule has 3 heterocycles. The average Bonchev–Trinajstić information content (AvgIpc) is 3.21. The number of nitrogens with zero attached hydrogens (tertiary/aromatic N) is 5. The number of ether oxygens (including phenoxy) is 1. The van der Waals surface area contributed by atoms with Gasteiger partial charge in [0.05, 0.1) is 23.5 Å². The second kappa shape index (κ2) is 6.87. The lowest BCUT2D eigenvalue weighted by Gasteiger charge is -2.27. The van der Waals surface area contributed by atoms with Crippen molar-refractivity contribution in [2.24, 2.45) is 0 Å². The molecule has 0 N–H and O–H groups in total. The van der Waals surface area contributed by atoms with Crippen LogP contribution in [0.1, 0.15) is 45.7 Å². The van der Waals surface area contributed by atoms with Gasteiger partial charge in [0.1, 0.15) is 0 Å². The van der Waals surface area contributed by atoms with Gasteiger partial charge in [-0.25, -0.2) is 4.68 Å². The number of rotatable bonds is 5. The Morgan fingerprint density at radius 1 is 1.26 bits per heavy atom. The maximum absolute atomic E-state index is 5.63. The molecule has 0 aromatic carbocycles. The van der Waals surface area contributed by atoms with Crippen LogP contribution in [0.3, 0.4) is 0 Å². The number of aromatic nitrogens is 3. The minimum absolute atomic E-state index is 0.0136. The van der Waals surface area contributed by atoms with E-state index in [1.807, 2.05) is 11.8 Å². The minimum Gasteiger partial charge on any atom is -0.380 e. The molecule has 6 heteroatoms. The number of methoxy groups -OCH3 is 1. The van der Waals surface area contributed by atoms with E-state index in [9.17, 15) is 0 Å². The summed E-state index contributed by atoms with van der Waals surface area (Å²) in [6.07, 6.45) is 6.26. The van der Waals surface area contributed by atoms with Crippen LogP contribution in [0, 0.1) is 0 Å². The van der Waals surface area contributed by atoms with Crippen LogP contribution in [0.5, 0.6) is 0 Å². The normalized spacial score (nSPS) is 27.1. The van der Waals surface area contributed by atoms with Gasteiger partial charge in [0.2, 0.25) is 0 Å². The molecule has 0 aliphatic carbocycles. The summed E-state index contributed by atoms with van der Waals surface area (Å²) in [6, 6.07) is 0.567. The zero-order valence-corrected chi connectivity index (χ0v) is 15.0. The van der Waals surface area contributed by atoms with Crippen LogP contribution in [0.15, 0.2) is 6.20 Å². The van der Waals surface area contributed by atoms with Crippen molar-refractivity contribution >= 4 is 0 Å². The van der Waals surface area contributed by atoms with E-state index < -0.39 is 0 Å². The van der Waals surface area contributed by atoms with Gasteiger partial charge in [0.15, 0.2) is 0 Å². The first kappa shape index (κ1) is 16.9. The molecule has 2 aliphatic heterocycles. The van der Waals surface area contributed by atoms with Gasteiger partial charge in [-0.1, -0.05) is 5.21 Å². The zero-order valence-electron chi connectivity index (χ0n) is 15.0. The van der Waals surface area contributed by atoms with Crippen molar-refractivity contribution in [3.63, 3.8) is 0 Å². The van der Waals surface area contributed by atoms with Crippen LogP contribution in [-0.4, -0.2) is 70.2 Å². The summed E-state index contributed by atoms with van der Waals surface area (Å²) >= 11 is 0. The van der Waals surface area contributed by atoms with E-state index in [-0.39, 0.29) is 5.54 Å². The Kier molecular flexibility index (Phi) is 5.04. The summed E-state index contributed by atoms with van der Waals surface area (Å²) in [5.74, 6) is 0. The van der Waals surface area contributed by atoms with Crippen molar-refractivity contribution in [3.8, 4) is 0 Å². The van der Waals surface area contributed by atoms with Crippen LogP contribution in [0.2, 0.25) is 0 Å². The Balaban J connectivity index is 1.64. The van der Waals surface area contributed by atoms with E-state index in [1.165, 1.54) is 25.9 Å². The van der Waals surface area contributed by atoms with Gasteiger partial charge in [-0.05, 0) is 53.1 Å². The maximum Gasteiger partial charge on any atom is 0.0967 e. The molecule has 6 nitrogen and oxygen atoms in total. The molecule has 2 saturated heterocycles. The third-order valence-electron chi connectivity index (χ3n) is 5.08. The standard InChI is InChI=1S/C17H31N5O/c1-17(2,3)22-11-14(18-19-22)10-21-13-16(23-4)9-15(21)12-20-7-5-6-8-20/h11,15-16H,5-10,12-13H2,1-4H3/t15-,16-/m0/s1. The second-order valence-corrected chi connectivity index (χ2v) is 8.01. The van der Waals surface area contributed by atoms with Crippen LogP contribution >= 0.6 is 0 Å². The van der Waals surface area contributed by atoms with Gasteiger partial charge >= 0.3 is 0 Å². The quantitative estimate of drug-likeness (QED) is 0.826. The third kappa shape index (κ3) is 4.11. The average molecular weight is 321 g/mol. The molecule has 1 aromatic heterocycles. The second-order valence-electron chi connectivity index (χ2n) is 8.01. The van der Waals surface area contributed by atoms with E-state index in [4.69, 9.17) is 4.74 Å². The number of likely N-dealkylation sites (tertiary alicyclic amines) is 2. The molecular formula is C17H31N5O. The zero-order chi connectivity index (χ0) is 16.4. The lowest BCUT2D eigenvalue weighted by Crippen LogP contribution is -2.39. The monoisotopic (exact) mass is 321 g/mol. The summed E-state index contributed by atoms with van der Waals surface area (Å²) < 4.78 is 7.59. The van der Waals surface area contributed by atoms with E-state index in [0.717, 1.165) is 31.7 Å². The molecule has 0 radical (unpaired) electrons.